The van der Waals surface area contributed by atoms with E-state index >= 15 is 0 Å². The molecule has 3 nitrogen and oxygen atoms in total. The topological polar surface area (TPSA) is 30.5 Å². The first-order valence-electron chi connectivity index (χ1n) is 6.76. The molecule has 1 aliphatic rings. The van der Waals surface area contributed by atoms with Gasteiger partial charge in [-0.2, -0.15) is 0 Å². The van der Waals surface area contributed by atoms with Crippen molar-refractivity contribution >= 4 is 11.6 Å². The Morgan fingerprint density at radius 3 is 2.37 bits per heavy atom. The van der Waals surface area contributed by atoms with E-state index in [1.807, 2.05) is 19.2 Å². The third kappa shape index (κ3) is 2.82. The lowest BCUT2D eigenvalue weighted by Gasteiger charge is -2.35. The first-order chi connectivity index (χ1) is 8.99. The second-order valence-corrected chi connectivity index (χ2v) is 5.99. The molecule has 0 radical (unpaired) electrons. The van der Waals surface area contributed by atoms with Crippen LogP contribution in [0.1, 0.15) is 38.8 Å². The molecule has 1 aromatic rings. The molecule has 106 valence electrons. The quantitative estimate of drug-likeness (QED) is 0.911. The van der Waals surface area contributed by atoms with E-state index < -0.39 is 0 Å². The van der Waals surface area contributed by atoms with Crippen LogP contribution in [0.3, 0.4) is 0 Å². The normalized spacial score (nSPS) is 16.3. The lowest BCUT2D eigenvalue weighted by molar-refractivity contribution is 0.170. The predicted molar refractivity (Wildman–Crippen MR) is 78.3 cm³/mol. The van der Waals surface area contributed by atoms with Gasteiger partial charge in [0.1, 0.15) is 13.2 Å². The number of hydrogen-bond donors (Lipinski definition) is 1. The Balaban J connectivity index is 2.43. The Morgan fingerprint density at radius 2 is 1.84 bits per heavy atom. The van der Waals surface area contributed by atoms with E-state index in [4.69, 9.17) is 21.1 Å². The third-order valence-electron chi connectivity index (χ3n) is 3.95. The van der Waals surface area contributed by atoms with Gasteiger partial charge < -0.3 is 14.8 Å². The summed E-state index contributed by atoms with van der Waals surface area (Å²) < 4.78 is 11.2. The molecule has 0 aromatic heterocycles. The smallest absolute Gasteiger partial charge is 0.162 e. The van der Waals surface area contributed by atoms with Gasteiger partial charge in [-0.15, -0.1) is 0 Å². The number of halogens is 1. The average Bonchev–Trinajstić information content (AvgIpc) is 2.40. The fourth-order valence-corrected chi connectivity index (χ4v) is 2.74. The number of fused-ring (bicyclic) bond motifs is 1. The van der Waals surface area contributed by atoms with E-state index in [-0.39, 0.29) is 11.5 Å². The maximum Gasteiger partial charge on any atom is 0.162 e. The van der Waals surface area contributed by atoms with Crippen LogP contribution in [0.25, 0.3) is 0 Å². The van der Waals surface area contributed by atoms with Gasteiger partial charge >= 0.3 is 0 Å². The summed E-state index contributed by atoms with van der Waals surface area (Å²) in [7, 11) is 1.97. The van der Waals surface area contributed by atoms with Gasteiger partial charge in [0.25, 0.3) is 0 Å². The van der Waals surface area contributed by atoms with E-state index in [0.717, 1.165) is 28.5 Å². The molecule has 0 bridgehead atoms. The monoisotopic (exact) mass is 283 g/mol. The number of hydrogen-bond acceptors (Lipinski definition) is 3. The molecule has 2 rings (SSSR count). The Labute approximate surface area is 120 Å². The zero-order valence-corrected chi connectivity index (χ0v) is 12.8. The Morgan fingerprint density at radius 1 is 1.26 bits per heavy atom. The van der Waals surface area contributed by atoms with Crippen LogP contribution in [-0.2, 0) is 0 Å². The molecule has 19 heavy (non-hydrogen) atoms. The predicted octanol–water partition coefficient (Wildman–Crippen LogP) is 3.81. The van der Waals surface area contributed by atoms with Crippen molar-refractivity contribution in [3.63, 3.8) is 0 Å². The SMILES string of the molecule is CCC(C)(C)C(NC)c1cc2c(cc1Cl)OCCO2. The molecule has 1 unspecified atom stereocenters. The summed E-state index contributed by atoms with van der Waals surface area (Å²) in [5.74, 6) is 1.53. The van der Waals surface area contributed by atoms with Crippen LogP contribution in [0.15, 0.2) is 12.1 Å². The molecule has 4 heteroatoms. The van der Waals surface area contributed by atoms with E-state index in [1.165, 1.54) is 0 Å². The lowest BCUT2D eigenvalue weighted by atomic mass is 9.78. The molecule has 0 amide bonds. The molecule has 1 N–H and O–H groups in total. The molecule has 1 aromatic carbocycles. The molecule has 0 saturated carbocycles. The first-order valence-corrected chi connectivity index (χ1v) is 7.13. The van der Waals surface area contributed by atoms with Crippen molar-refractivity contribution < 1.29 is 9.47 Å². The van der Waals surface area contributed by atoms with Gasteiger partial charge in [-0.25, -0.2) is 0 Å². The Hall–Kier alpha value is -0.930. The van der Waals surface area contributed by atoms with E-state index in [9.17, 15) is 0 Å². The zero-order valence-electron chi connectivity index (χ0n) is 12.0. The average molecular weight is 284 g/mol. The van der Waals surface area contributed by atoms with E-state index in [1.54, 1.807) is 0 Å². The standard InChI is InChI=1S/C15H22ClNO2/c1-5-15(2,3)14(17-4)10-8-12-13(9-11(10)16)19-7-6-18-12/h8-9,14,17H,5-7H2,1-4H3. The van der Waals surface area contributed by atoms with Crippen LogP contribution in [0.2, 0.25) is 5.02 Å². The first kappa shape index (κ1) is 14.5. The van der Waals surface area contributed by atoms with Crippen molar-refractivity contribution in [3.8, 4) is 11.5 Å². The molecule has 0 spiro atoms. The third-order valence-corrected chi connectivity index (χ3v) is 4.28. The van der Waals surface area contributed by atoms with Crippen molar-refractivity contribution in [2.45, 2.75) is 33.2 Å². The molecule has 0 fully saturated rings. The largest absolute Gasteiger partial charge is 0.486 e. The van der Waals surface area contributed by atoms with Gasteiger partial charge in [-0.3, -0.25) is 0 Å². The summed E-state index contributed by atoms with van der Waals surface area (Å²) in [6.07, 6.45) is 1.06. The van der Waals surface area contributed by atoms with Gasteiger partial charge in [0.2, 0.25) is 0 Å². The number of rotatable bonds is 4. The summed E-state index contributed by atoms with van der Waals surface area (Å²) in [5, 5.41) is 4.10. The molecule has 1 atom stereocenters. The summed E-state index contributed by atoms with van der Waals surface area (Å²) in [5.41, 5.74) is 1.18. The Bertz CT molecular complexity index is 460. The highest BCUT2D eigenvalue weighted by molar-refractivity contribution is 6.31. The lowest BCUT2D eigenvalue weighted by Crippen LogP contribution is -2.32. The minimum atomic E-state index is 0.113. The van der Waals surface area contributed by atoms with Crippen molar-refractivity contribution in [1.82, 2.24) is 5.32 Å². The van der Waals surface area contributed by atoms with Gasteiger partial charge in [0, 0.05) is 17.1 Å². The van der Waals surface area contributed by atoms with Crippen molar-refractivity contribution in [2.24, 2.45) is 5.41 Å². The summed E-state index contributed by atoms with van der Waals surface area (Å²) in [6, 6.07) is 4.05. The highest BCUT2D eigenvalue weighted by Gasteiger charge is 2.30. The fourth-order valence-electron chi connectivity index (χ4n) is 2.47. The van der Waals surface area contributed by atoms with Crippen molar-refractivity contribution in [2.75, 3.05) is 20.3 Å². The van der Waals surface area contributed by atoms with Crippen LogP contribution in [0.5, 0.6) is 11.5 Å². The van der Waals surface area contributed by atoms with Gasteiger partial charge in [-0.05, 0) is 30.5 Å². The maximum absolute atomic E-state index is 6.42. The van der Waals surface area contributed by atoms with Gasteiger partial charge in [-0.1, -0.05) is 32.4 Å². The van der Waals surface area contributed by atoms with Crippen molar-refractivity contribution in [3.05, 3.63) is 22.7 Å². The molecular formula is C15H22ClNO2. The zero-order chi connectivity index (χ0) is 14.0. The van der Waals surface area contributed by atoms with Crippen LogP contribution < -0.4 is 14.8 Å². The number of nitrogens with one attached hydrogen (secondary N) is 1. The number of benzene rings is 1. The van der Waals surface area contributed by atoms with Crippen molar-refractivity contribution in [1.29, 1.82) is 0 Å². The maximum atomic E-state index is 6.42. The number of ether oxygens (including phenoxy) is 2. The van der Waals surface area contributed by atoms with Crippen LogP contribution in [0.4, 0.5) is 0 Å². The van der Waals surface area contributed by atoms with E-state index in [0.29, 0.717) is 13.2 Å². The minimum Gasteiger partial charge on any atom is -0.486 e. The van der Waals surface area contributed by atoms with Gasteiger partial charge in [0.15, 0.2) is 11.5 Å². The fraction of sp³-hybridized carbons (Fsp3) is 0.600. The molecule has 0 aliphatic carbocycles. The molecule has 1 aliphatic heterocycles. The van der Waals surface area contributed by atoms with Crippen LogP contribution in [0, 0.1) is 5.41 Å². The van der Waals surface area contributed by atoms with E-state index in [2.05, 4.69) is 26.1 Å². The highest BCUT2D eigenvalue weighted by atomic mass is 35.5. The van der Waals surface area contributed by atoms with Crippen LogP contribution in [-0.4, -0.2) is 20.3 Å². The highest BCUT2D eigenvalue weighted by Crippen LogP contribution is 2.43. The molecular weight excluding hydrogens is 262 g/mol. The second-order valence-electron chi connectivity index (χ2n) is 5.58. The molecule has 0 saturated heterocycles. The van der Waals surface area contributed by atoms with Crippen LogP contribution >= 0.6 is 11.6 Å². The Kier molecular flexibility index (Phi) is 4.26. The minimum absolute atomic E-state index is 0.113. The summed E-state index contributed by atoms with van der Waals surface area (Å²) in [6.45, 7) is 7.84. The van der Waals surface area contributed by atoms with Gasteiger partial charge in [0.05, 0.1) is 0 Å². The summed E-state index contributed by atoms with van der Waals surface area (Å²) >= 11 is 6.42. The molecule has 1 heterocycles. The second kappa shape index (κ2) is 5.59. The summed E-state index contributed by atoms with van der Waals surface area (Å²) in [4.78, 5) is 0.